The first kappa shape index (κ1) is 18.3. The molecule has 2 aromatic rings. The minimum atomic E-state index is -0.0380. The predicted molar refractivity (Wildman–Crippen MR) is 109 cm³/mol. The molecule has 4 rings (SSSR count). The Labute approximate surface area is 160 Å². The zero-order valence-corrected chi connectivity index (χ0v) is 16.1. The Balaban J connectivity index is 1.42. The molecule has 0 radical (unpaired) electrons. The average Bonchev–Trinajstić information content (AvgIpc) is 3.32. The molecule has 3 N–H and O–H groups in total. The smallest absolute Gasteiger partial charge is 0.267 e. The largest absolute Gasteiger partial charge is 0.381 e. The lowest BCUT2D eigenvalue weighted by atomic mass is 10.1. The molecule has 6 nitrogen and oxygen atoms in total. The number of H-pyrrole nitrogens is 1. The van der Waals surface area contributed by atoms with E-state index in [4.69, 9.17) is 4.74 Å². The van der Waals surface area contributed by atoms with Crippen LogP contribution in [0, 0.1) is 6.92 Å². The molecule has 1 saturated carbocycles. The molecule has 0 unspecified atom stereocenters. The Bertz CT molecular complexity index is 789. The number of amides is 1. The predicted octanol–water partition coefficient (Wildman–Crippen LogP) is 2.89. The minimum Gasteiger partial charge on any atom is -0.381 e. The Morgan fingerprint density at radius 1 is 1.22 bits per heavy atom. The highest BCUT2D eigenvalue weighted by atomic mass is 16.5. The Kier molecular flexibility index (Phi) is 5.64. The fraction of sp³-hybridized carbons (Fsp3) is 0.571. The number of carbonyl (C=O) groups is 1. The molecular weight excluding hydrogens is 340 g/mol. The van der Waals surface area contributed by atoms with Gasteiger partial charge in [0.05, 0.1) is 24.4 Å². The number of fused-ring (bicyclic) bond motifs is 1. The van der Waals surface area contributed by atoms with Gasteiger partial charge in [-0.3, -0.25) is 9.69 Å². The molecule has 1 saturated heterocycles. The molecule has 0 atom stereocenters. The first-order valence-electron chi connectivity index (χ1n) is 10.2. The summed E-state index contributed by atoms with van der Waals surface area (Å²) in [7, 11) is 0. The standard InChI is InChI=1S/C21H30N4O2/c1-15-12-16-14-19(21(26)22-6-7-25-8-10-27-11-9-25)24-20(16)18(13-15)23-17-4-2-3-5-17/h12-14,17,23-24H,2-11H2,1H3,(H,22,26). The van der Waals surface area contributed by atoms with Crippen LogP contribution in [0.25, 0.3) is 10.9 Å². The molecule has 1 aromatic heterocycles. The van der Waals surface area contributed by atoms with Crippen molar-refractivity contribution in [1.82, 2.24) is 15.2 Å². The van der Waals surface area contributed by atoms with Gasteiger partial charge in [0.25, 0.3) is 5.91 Å². The molecule has 146 valence electrons. The number of nitrogens with zero attached hydrogens (tertiary/aromatic N) is 1. The summed E-state index contributed by atoms with van der Waals surface area (Å²) in [6.45, 7) is 7.07. The number of aromatic amines is 1. The molecule has 1 aliphatic heterocycles. The van der Waals surface area contributed by atoms with E-state index in [-0.39, 0.29) is 5.91 Å². The topological polar surface area (TPSA) is 69.4 Å². The maximum Gasteiger partial charge on any atom is 0.267 e. The molecule has 1 aromatic carbocycles. The van der Waals surface area contributed by atoms with Gasteiger partial charge in [-0.25, -0.2) is 0 Å². The number of aromatic nitrogens is 1. The van der Waals surface area contributed by atoms with Crippen molar-refractivity contribution in [3.8, 4) is 0 Å². The highest BCUT2D eigenvalue weighted by Crippen LogP contribution is 2.29. The summed E-state index contributed by atoms with van der Waals surface area (Å²) >= 11 is 0. The number of benzene rings is 1. The fourth-order valence-electron chi connectivity index (χ4n) is 4.17. The summed E-state index contributed by atoms with van der Waals surface area (Å²) in [5.41, 5.74) is 3.99. The first-order valence-corrected chi connectivity index (χ1v) is 10.2. The van der Waals surface area contributed by atoms with E-state index in [1.54, 1.807) is 0 Å². The van der Waals surface area contributed by atoms with Crippen LogP contribution in [-0.2, 0) is 4.74 Å². The minimum absolute atomic E-state index is 0.0380. The second kappa shape index (κ2) is 8.31. The number of morpholine rings is 1. The summed E-state index contributed by atoms with van der Waals surface area (Å²) in [6.07, 6.45) is 5.05. The van der Waals surface area contributed by atoms with Crippen LogP contribution in [0.2, 0.25) is 0 Å². The van der Waals surface area contributed by atoms with Crippen molar-refractivity contribution in [2.24, 2.45) is 0 Å². The van der Waals surface area contributed by atoms with Crippen molar-refractivity contribution in [3.05, 3.63) is 29.5 Å². The van der Waals surface area contributed by atoms with Crippen LogP contribution in [0.3, 0.4) is 0 Å². The van der Waals surface area contributed by atoms with Crippen molar-refractivity contribution in [3.63, 3.8) is 0 Å². The highest BCUT2D eigenvalue weighted by Gasteiger charge is 2.18. The van der Waals surface area contributed by atoms with Gasteiger partial charge >= 0.3 is 0 Å². The van der Waals surface area contributed by atoms with Crippen LogP contribution in [0.15, 0.2) is 18.2 Å². The van der Waals surface area contributed by atoms with E-state index in [0.717, 1.165) is 49.4 Å². The van der Waals surface area contributed by atoms with Gasteiger partial charge in [0, 0.05) is 37.6 Å². The number of ether oxygens (including phenoxy) is 1. The third-order valence-corrected chi connectivity index (χ3v) is 5.65. The monoisotopic (exact) mass is 370 g/mol. The first-order chi connectivity index (χ1) is 13.2. The number of aryl methyl sites for hydroxylation is 1. The van der Waals surface area contributed by atoms with Crippen LogP contribution in [0.4, 0.5) is 5.69 Å². The number of anilines is 1. The third-order valence-electron chi connectivity index (χ3n) is 5.65. The van der Waals surface area contributed by atoms with Crippen LogP contribution >= 0.6 is 0 Å². The summed E-state index contributed by atoms with van der Waals surface area (Å²) in [4.78, 5) is 18.3. The quantitative estimate of drug-likeness (QED) is 0.731. The molecule has 1 amide bonds. The molecule has 0 spiro atoms. The van der Waals surface area contributed by atoms with Crippen molar-refractivity contribution < 1.29 is 9.53 Å². The molecule has 2 heterocycles. The molecule has 6 heteroatoms. The molecular formula is C21H30N4O2. The van der Waals surface area contributed by atoms with Gasteiger partial charge in [-0.1, -0.05) is 12.8 Å². The van der Waals surface area contributed by atoms with Crippen molar-refractivity contribution in [2.75, 3.05) is 44.7 Å². The van der Waals surface area contributed by atoms with Crippen LogP contribution in [0.1, 0.15) is 41.7 Å². The van der Waals surface area contributed by atoms with E-state index >= 15 is 0 Å². The van der Waals surface area contributed by atoms with Crippen LogP contribution < -0.4 is 10.6 Å². The third kappa shape index (κ3) is 4.45. The van der Waals surface area contributed by atoms with Crippen molar-refractivity contribution >= 4 is 22.5 Å². The van der Waals surface area contributed by atoms with Crippen molar-refractivity contribution in [2.45, 2.75) is 38.6 Å². The van der Waals surface area contributed by atoms with Gasteiger partial charge in [0.1, 0.15) is 5.69 Å². The second-order valence-corrected chi connectivity index (χ2v) is 7.80. The van der Waals surface area contributed by atoms with E-state index in [1.165, 1.54) is 31.2 Å². The maximum absolute atomic E-state index is 12.6. The number of nitrogens with one attached hydrogen (secondary N) is 3. The van der Waals surface area contributed by atoms with E-state index in [9.17, 15) is 4.79 Å². The number of hydrogen-bond acceptors (Lipinski definition) is 4. The number of hydrogen-bond donors (Lipinski definition) is 3. The SMILES string of the molecule is Cc1cc(NC2CCCC2)c2[nH]c(C(=O)NCCN3CCOCC3)cc2c1. The molecule has 2 fully saturated rings. The zero-order valence-electron chi connectivity index (χ0n) is 16.1. The van der Waals surface area contributed by atoms with Gasteiger partial charge < -0.3 is 20.4 Å². The zero-order chi connectivity index (χ0) is 18.6. The van der Waals surface area contributed by atoms with E-state index in [1.807, 2.05) is 6.07 Å². The normalized spacial score (nSPS) is 18.9. The Morgan fingerprint density at radius 2 is 2.00 bits per heavy atom. The maximum atomic E-state index is 12.6. The van der Waals surface area contributed by atoms with Gasteiger partial charge in [0.2, 0.25) is 0 Å². The summed E-state index contributed by atoms with van der Waals surface area (Å²) < 4.78 is 5.36. The lowest BCUT2D eigenvalue weighted by Crippen LogP contribution is -2.41. The molecule has 2 aliphatic rings. The van der Waals surface area contributed by atoms with Crippen LogP contribution in [0.5, 0.6) is 0 Å². The van der Waals surface area contributed by atoms with E-state index in [2.05, 4.69) is 39.6 Å². The van der Waals surface area contributed by atoms with Gasteiger partial charge in [-0.15, -0.1) is 0 Å². The van der Waals surface area contributed by atoms with E-state index < -0.39 is 0 Å². The molecule has 0 bridgehead atoms. The lowest BCUT2D eigenvalue weighted by molar-refractivity contribution is 0.0383. The highest BCUT2D eigenvalue weighted by molar-refractivity contribution is 6.01. The second-order valence-electron chi connectivity index (χ2n) is 7.80. The van der Waals surface area contributed by atoms with Crippen molar-refractivity contribution in [1.29, 1.82) is 0 Å². The fourth-order valence-corrected chi connectivity index (χ4v) is 4.17. The van der Waals surface area contributed by atoms with E-state index in [0.29, 0.717) is 18.3 Å². The summed E-state index contributed by atoms with van der Waals surface area (Å²) in [5, 5.41) is 7.81. The average molecular weight is 370 g/mol. The van der Waals surface area contributed by atoms with Gasteiger partial charge in [0.15, 0.2) is 0 Å². The molecule has 1 aliphatic carbocycles. The van der Waals surface area contributed by atoms with Gasteiger partial charge in [-0.05, 0) is 43.5 Å². The lowest BCUT2D eigenvalue weighted by Gasteiger charge is -2.26. The van der Waals surface area contributed by atoms with Gasteiger partial charge in [-0.2, -0.15) is 0 Å². The summed E-state index contributed by atoms with van der Waals surface area (Å²) in [5.74, 6) is -0.0380. The number of rotatable bonds is 6. The molecule has 27 heavy (non-hydrogen) atoms. The number of carbonyl (C=O) groups excluding carboxylic acids is 1. The van der Waals surface area contributed by atoms with Crippen LogP contribution in [-0.4, -0.2) is 61.2 Å². The Morgan fingerprint density at radius 3 is 2.78 bits per heavy atom. The summed E-state index contributed by atoms with van der Waals surface area (Å²) in [6, 6.07) is 6.82. The Hall–Kier alpha value is -2.05.